The number of rotatable bonds is 5. The molecule has 1 N–H and O–H groups in total. The second-order valence-electron chi connectivity index (χ2n) is 7.20. The lowest BCUT2D eigenvalue weighted by Gasteiger charge is -2.33. The van der Waals surface area contributed by atoms with Crippen LogP contribution in [0.5, 0.6) is 0 Å². The van der Waals surface area contributed by atoms with Gasteiger partial charge in [-0.15, -0.1) is 24.0 Å². The molecule has 2 aromatic rings. The highest BCUT2D eigenvalue weighted by molar-refractivity contribution is 14.0. The van der Waals surface area contributed by atoms with E-state index in [0.29, 0.717) is 13.1 Å². The molecule has 0 atom stereocenters. The molecule has 2 heterocycles. The van der Waals surface area contributed by atoms with Gasteiger partial charge >= 0.3 is 0 Å². The number of hydrogen-bond donors (Lipinski definition) is 1. The zero-order chi connectivity index (χ0) is 19.9. The van der Waals surface area contributed by atoms with E-state index in [0.717, 1.165) is 49.1 Å². The first kappa shape index (κ1) is 23.3. The molecule has 1 fully saturated rings. The molecule has 1 saturated heterocycles. The molecule has 0 radical (unpaired) electrons. The molecule has 0 amide bonds. The maximum absolute atomic E-state index is 13.4. The largest absolute Gasteiger partial charge is 0.354 e. The van der Waals surface area contributed by atoms with Crippen molar-refractivity contribution in [1.29, 1.82) is 0 Å². The monoisotopic (exact) mass is 512 g/mol. The van der Waals surface area contributed by atoms with E-state index in [9.17, 15) is 4.39 Å². The number of piperazine rings is 1. The van der Waals surface area contributed by atoms with Crippen molar-refractivity contribution in [3.8, 4) is 0 Å². The van der Waals surface area contributed by atoms with Gasteiger partial charge in [-0.3, -0.25) is 4.99 Å². The number of nitrogens with zero attached hydrogens (tertiary/aromatic N) is 5. The molecule has 0 aliphatic carbocycles. The zero-order valence-electron chi connectivity index (χ0n) is 17.3. The highest BCUT2D eigenvalue weighted by atomic mass is 127. The van der Waals surface area contributed by atoms with Gasteiger partial charge < -0.3 is 20.0 Å². The summed E-state index contributed by atoms with van der Waals surface area (Å²) in [6.07, 6.45) is 1.92. The van der Waals surface area contributed by atoms with Crippen molar-refractivity contribution in [1.82, 2.24) is 20.1 Å². The van der Waals surface area contributed by atoms with Gasteiger partial charge in [-0.1, -0.05) is 18.2 Å². The third-order valence-electron chi connectivity index (χ3n) is 4.97. The van der Waals surface area contributed by atoms with E-state index >= 15 is 0 Å². The van der Waals surface area contributed by atoms with Crippen molar-refractivity contribution in [3.63, 3.8) is 0 Å². The van der Waals surface area contributed by atoms with Crippen LogP contribution in [0.25, 0.3) is 0 Å². The number of benzene rings is 1. The van der Waals surface area contributed by atoms with Crippen LogP contribution in [0, 0.1) is 5.82 Å². The molecule has 3 rings (SSSR count). The Kier molecular flexibility index (Phi) is 9.09. The van der Waals surface area contributed by atoms with Crippen LogP contribution in [-0.4, -0.2) is 68.1 Å². The van der Waals surface area contributed by atoms with Crippen LogP contribution in [0.3, 0.4) is 0 Å². The zero-order valence-corrected chi connectivity index (χ0v) is 19.6. The van der Waals surface area contributed by atoms with Crippen LogP contribution in [0.15, 0.2) is 47.6 Å². The Hall–Kier alpha value is -1.94. The molecule has 29 heavy (non-hydrogen) atoms. The van der Waals surface area contributed by atoms with Gasteiger partial charge in [-0.2, -0.15) is 0 Å². The van der Waals surface area contributed by atoms with Crippen molar-refractivity contribution >= 4 is 35.8 Å². The lowest BCUT2D eigenvalue weighted by Crippen LogP contribution is -2.44. The van der Waals surface area contributed by atoms with Crippen molar-refractivity contribution in [3.05, 3.63) is 59.5 Å². The number of aromatic nitrogens is 1. The Bertz CT molecular complexity index is 790. The van der Waals surface area contributed by atoms with Crippen LogP contribution < -0.4 is 10.2 Å². The van der Waals surface area contributed by atoms with E-state index in [2.05, 4.69) is 44.3 Å². The molecule has 0 bridgehead atoms. The minimum atomic E-state index is -0.222. The SMILES string of the molecule is CN=C(NCc1ccc(N2CCN(C)CC2)nc1)N(C)Cc1cccc(F)c1.I. The average Bonchev–Trinajstić information content (AvgIpc) is 2.69. The third kappa shape index (κ3) is 6.81. The van der Waals surface area contributed by atoms with E-state index in [1.807, 2.05) is 24.2 Å². The first-order chi connectivity index (χ1) is 13.5. The number of pyridine rings is 1. The van der Waals surface area contributed by atoms with E-state index in [4.69, 9.17) is 0 Å². The number of halogens is 2. The van der Waals surface area contributed by atoms with E-state index in [1.54, 1.807) is 19.2 Å². The summed E-state index contributed by atoms with van der Waals surface area (Å²) in [5, 5.41) is 3.35. The van der Waals surface area contributed by atoms with Gasteiger partial charge in [-0.05, 0) is 36.4 Å². The number of aliphatic imine (C=N–C) groups is 1. The number of likely N-dealkylation sites (N-methyl/N-ethyl adjacent to an activating group) is 1. The molecular formula is C21H30FIN6. The predicted molar refractivity (Wildman–Crippen MR) is 127 cm³/mol. The number of guanidine groups is 1. The summed E-state index contributed by atoms with van der Waals surface area (Å²) in [6.45, 7) is 5.38. The summed E-state index contributed by atoms with van der Waals surface area (Å²) >= 11 is 0. The fourth-order valence-electron chi connectivity index (χ4n) is 3.29. The Morgan fingerprint density at radius 2 is 1.93 bits per heavy atom. The molecule has 0 saturated carbocycles. The minimum absolute atomic E-state index is 0. The summed E-state index contributed by atoms with van der Waals surface area (Å²) in [7, 11) is 5.84. The first-order valence-electron chi connectivity index (χ1n) is 9.60. The fraction of sp³-hybridized carbons (Fsp3) is 0.429. The predicted octanol–water partition coefficient (Wildman–Crippen LogP) is 2.80. The van der Waals surface area contributed by atoms with Gasteiger partial charge in [0.05, 0.1) is 0 Å². The number of anilines is 1. The standard InChI is InChI=1S/C21H29FN6.HI/c1-23-21(27(3)16-17-5-4-6-19(22)13-17)25-15-18-7-8-20(24-14-18)28-11-9-26(2)10-12-28;/h4-8,13-14H,9-12,15-16H2,1-3H3,(H,23,25);1H. The number of hydrogen-bond acceptors (Lipinski definition) is 4. The first-order valence-corrected chi connectivity index (χ1v) is 9.60. The van der Waals surface area contributed by atoms with Gasteiger partial charge in [-0.25, -0.2) is 9.37 Å². The van der Waals surface area contributed by atoms with Crippen LogP contribution in [0.1, 0.15) is 11.1 Å². The fourth-order valence-corrected chi connectivity index (χ4v) is 3.29. The van der Waals surface area contributed by atoms with Crippen LogP contribution >= 0.6 is 24.0 Å². The molecule has 0 unspecified atom stereocenters. The molecule has 1 aromatic carbocycles. The van der Waals surface area contributed by atoms with Gasteiger partial charge in [0.2, 0.25) is 0 Å². The van der Waals surface area contributed by atoms with Crippen molar-refractivity contribution in [2.75, 3.05) is 52.2 Å². The summed E-state index contributed by atoms with van der Waals surface area (Å²) < 4.78 is 13.4. The maximum atomic E-state index is 13.4. The Labute approximate surface area is 189 Å². The molecule has 158 valence electrons. The number of nitrogens with one attached hydrogen (secondary N) is 1. The second kappa shape index (κ2) is 11.3. The minimum Gasteiger partial charge on any atom is -0.354 e. The highest BCUT2D eigenvalue weighted by Gasteiger charge is 2.15. The average molecular weight is 512 g/mol. The lowest BCUT2D eigenvalue weighted by atomic mass is 10.2. The van der Waals surface area contributed by atoms with E-state index < -0.39 is 0 Å². The van der Waals surface area contributed by atoms with Crippen molar-refractivity contribution in [2.24, 2.45) is 4.99 Å². The van der Waals surface area contributed by atoms with E-state index in [1.165, 1.54) is 6.07 Å². The molecule has 8 heteroatoms. The molecular weight excluding hydrogens is 482 g/mol. The molecule has 1 aliphatic rings. The van der Waals surface area contributed by atoms with Crippen LogP contribution in [0.4, 0.5) is 10.2 Å². The van der Waals surface area contributed by atoms with Gasteiger partial charge in [0.15, 0.2) is 5.96 Å². The second-order valence-corrected chi connectivity index (χ2v) is 7.20. The summed E-state index contributed by atoms with van der Waals surface area (Å²) in [5.74, 6) is 1.57. The molecule has 0 spiro atoms. The van der Waals surface area contributed by atoms with Gasteiger partial charge in [0, 0.05) is 59.6 Å². The Morgan fingerprint density at radius 3 is 2.55 bits per heavy atom. The quantitative estimate of drug-likeness (QED) is 0.380. The molecule has 1 aromatic heterocycles. The normalized spacial score (nSPS) is 15.0. The smallest absolute Gasteiger partial charge is 0.193 e. The Morgan fingerprint density at radius 1 is 1.17 bits per heavy atom. The van der Waals surface area contributed by atoms with Crippen LogP contribution in [0.2, 0.25) is 0 Å². The highest BCUT2D eigenvalue weighted by Crippen LogP contribution is 2.13. The lowest BCUT2D eigenvalue weighted by molar-refractivity contribution is 0.312. The topological polar surface area (TPSA) is 47.0 Å². The summed E-state index contributed by atoms with van der Waals surface area (Å²) in [6, 6.07) is 10.8. The summed E-state index contributed by atoms with van der Waals surface area (Å²) in [5.41, 5.74) is 2.00. The summed E-state index contributed by atoms with van der Waals surface area (Å²) in [4.78, 5) is 15.6. The molecule has 1 aliphatic heterocycles. The van der Waals surface area contributed by atoms with Crippen molar-refractivity contribution in [2.45, 2.75) is 13.1 Å². The Balaban J connectivity index is 0.00000300. The maximum Gasteiger partial charge on any atom is 0.193 e. The third-order valence-corrected chi connectivity index (χ3v) is 4.97. The molecule has 6 nitrogen and oxygen atoms in total. The van der Waals surface area contributed by atoms with Crippen LogP contribution in [-0.2, 0) is 13.1 Å². The van der Waals surface area contributed by atoms with Gasteiger partial charge in [0.25, 0.3) is 0 Å². The van der Waals surface area contributed by atoms with Gasteiger partial charge in [0.1, 0.15) is 11.6 Å². The van der Waals surface area contributed by atoms with E-state index in [-0.39, 0.29) is 29.8 Å². The van der Waals surface area contributed by atoms with Crippen molar-refractivity contribution < 1.29 is 4.39 Å².